The number of aryl methyl sites for hydroxylation is 1. The highest BCUT2D eigenvalue weighted by Crippen LogP contribution is 2.37. The molecule has 1 atom stereocenters. The van der Waals surface area contributed by atoms with E-state index in [1.165, 1.54) is 10.4 Å². The lowest BCUT2D eigenvalue weighted by molar-refractivity contribution is 0.474. The number of rotatable bonds is 6. The predicted molar refractivity (Wildman–Crippen MR) is 80.5 cm³/mol. The van der Waals surface area contributed by atoms with Crippen molar-refractivity contribution >= 4 is 33.0 Å². The van der Waals surface area contributed by atoms with Crippen LogP contribution >= 0.6 is 22.9 Å². The van der Waals surface area contributed by atoms with E-state index >= 15 is 0 Å². The predicted octanol–water partition coefficient (Wildman–Crippen LogP) is 2.31. The maximum atomic E-state index is 11.6. The normalized spacial score (nSPS) is 19.4. The van der Waals surface area contributed by atoms with E-state index < -0.39 is 10.0 Å². The number of sulfonamides is 1. The van der Waals surface area contributed by atoms with Crippen LogP contribution in [0.4, 0.5) is 0 Å². The molecule has 7 heteroatoms. The average molecular weight is 323 g/mol. The van der Waals surface area contributed by atoms with Gasteiger partial charge in [-0.3, -0.25) is 0 Å². The van der Waals surface area contributed by atoms with E-state index in [0.29, 0.717) is 13.1 Å². The number of thiophene rings is 1. The van der Waals surface area contributed by atoms with Crippen LogP contribution < -0.4 is 10.0 Å². The Kier molecular flexibility index (Phi) is 5.25. The SMILES string of the molecule is CCNS(=O)(=O)CCNC1CCCc2sc(Cl)cc21. The molecule has 1 aromatic heterocycles. The third kappa shape index (κ3) is 4.16. The summed E-state index contributed by atoms with van der Waals surface area (Å²) in [6, 6.07) is 2.25. The van der Waals surface area contributed by atoms with Gasteiger partial charge in [-0.05, 0) is 30.9 Å². The fourth-order valence-corrected chi connectivity index (χ4v) is 4.75. The first-order valence-corrected chi connectivity index (χ1v) is 9.35. The summed E-state index contributed by atoms with van der Waals surface area (Å²) in [6.07, 6.45) is 3.25. The lowest BCUT2D eigenvalue weighted by Crippen LogP contribution is -2.34. The molecular weight excluding hydrogens is 304 g/mol. The number of hydrogen-bond donors (Lipinski definition) is 2. The van der Waals surface area contributed by atoms with Gasteiger partial charge >= 0.3 is 0 Å². The summed E-state index contributed by atoms with van der Waals surface area (Å²) in [5, 5.41) is 3.33. The second-order valence-corrected chi connectivity index (χ2v) is 8.34. The molecule has 1 heterocycles. The van der Waals surface area contributed by atoms with E-state index in [9.17, 15) is 8.42 Å². The van der Waals surface area contributed by atoms with Crippen molar-refractivity contribution in [3.05, 3.63) is 20.8 Å². The number of nitrogens with one attached hydrogen (secondary N) is 2. The molecule has 1 aliphatic rings. The zero-order valence-corrected chi connectivity index (χ0v) is 13.3. The Morgan fingerprint density at radius 1 is 1.53 bits per heavy atom. The molecule has 0 aliphatic heterocycles. The molecule has 1 unspecified atom stereocenters. The van der Waals surface area contributed by atoms with Gasteiger partial charge in [0.25, 0.3) is 0 Å². The molecule has 0 amide bonds. The molecule has 0 bridgehead atoms. The molecule has 0 aromatic carbocycles. The summed E-state index contributed by atoms with van der Waals surface area (Å²) in [7, 11) is -3.14. The highest BCUT2D eigenvalue weighted by atomic mass is 35.5. The van der Waals surface area contributed by atoms with Crippen LogP contribution in [0.5, 0.6) is 0 Å². The van der Waals surface area contributed by atoms with Gasteiger partial charge < -0.3 is 5.32 Å². The second kappa shape index (κ2) is 6.54. The van der Waals surface area contributed by atoms with Gasteiger partial charge in [-0.25, -0.2) is 13.1 Å². The standard InChI is InChI=1S/C12H19ClN2O2S2/c1-2-15-19(16,17)7-6-14-10-4-3-5-11-9(10)8-12(13)18-11/h8,10,14-15H,2-7H2,1H3. The molecule has 1 aliphatic carbocycles. The summed E-state index contributed by atoms with van der Waals surface area (Å²) in [4.78, 5) is 1.34. The average Bonchev–Trinajstić information content (AvgIpc) is 2.70. The molecular formula is C12H19ClN2O2S2. The molecule has 0 fully saturated rings. The fourth-order valence-electron chi connectivity index (χ4n) is 2.39. The molecule has 2 N–H and O–H groups in total. The molecule has 4 nitrogen and oxygen atoms in total. The minimum absolute atomic E-state index is 0.116. The van der Waals surface area contributed by atoms with Gasteiger partial charge in [0, 0.05) is 24.0 Å². The zero-order valence-electron chi connectivity index (χ0n) is 10.9. The van der Waals surface area contributed by atoms with E-state index in [-0.39, 0.29) is 11.8 Å². The van der Waals surface area contributed by atoms with Crippen LogP contribution in [0, 0.1) is 0 Å². The number of halogens is 1. The minimum atomic E-state index is -3.14. The van der Waals surface area contributed by atoms with Crippen molar-refractivity contribution < 1.29 is 8.42 Å². The minimum Gasteiger partial charge on any atom is -0.309 e. The van der Waals surface area contributed by atoms with Crippen molar-refractivity contribution in [3.63, 3.8) is 0 Å². The van der Waals surface area contributed by atoms with Gasteiger partial charge in [0.05, 0.1) is 10.1 Å². The van der Waals surface area contributed by atoms with Gasteiger partial charge in [-0.2, -0.15) is 0 Å². The lowest BCUT2D eigenvalue weighted by Gasteiger charge is -2.23. The van der Waals surface area contributed by atoms with E-state index in [1.54, 1.807) is 18.3 Å². The van der Waals surface area contributed by atoms with E-state index in [1.807, 2.05) is 6.07 Å². The van der Waals surface area contributed by atoms with Gasteiger partial charge in [-0.15, -0.1) is 11.3 Å². The lowest BCUT2D eigenvalue weighted by atomic mass is 9.94. The quantitative estimate of drug-likeness (QED) is 0.845. The van der Waals surface area contributed by atoms with Gasteiger partial charge in [0.2, 0.25) is 10.0 Å². The largest absolute Gasteiger partial charge is 0.309 e. The van der Waals surface area contributed by atoms with Crippen LogP contribution in [0.2, 0.25) is 4.34 Å². The topological polar surface area (TPSA) is 58.2 Å². The van der Waals surface area contributed by atoms with Crippen molar-refractivity contribution in [1.82, 2.24) is 10.0 Å². The number of fused-ring (bicyclic) bond motifs is 1. The number of hydrogen-bond acceptors (Lipinski definition) is 4. The van der Waals surface area contributed by atoms with Crippen LogP contribution in [-0.2, 0) is 16.4 Å². The molecule has 19 heavy (non-hydrogen) atoms. The highest BCUT2D eigenvalue weighted by molar-refractivity contribution is 7.89. The van der Waals surface area contributed by atoms with Gasteiger partial charge in [0.1, 0.15) is 0 Å². The van der Waals surface area contributed by atoms with E-state index in [4.69, 9.17) is 11.6 Å². The van der Waals surface area contributed by atoms with Crippen molar-refractivity contribution in [3.8, 4) is 0 Å². The first-order valence-electron chi connectivity index (χ1n) is 6.50. The van der Waals surface area contributed by atoms with Crippen LogP contribution in [-0.4, -0.2) is 27.3 Å². The Labute approximate surface area is 123 Å². The summed E-state index contributed by atoms with van der Waals surface area (Å²) >= 11 is 7.68. The first-order chi connectivity index (χ1) is 9.02. The van der Waals surface area contributed by atoms with Crippen LogP contribution in [0.1, 0.15) is 36.2 Å². The van der Waals surface area contributed by atoms with E-state index in [0.717, 1.165) is 23.6 Å². The van der Waals surface area contributed by atoms with Gasteiger partial charge in [-0.1, -0.05) is 18.5 Å². The molecule has 108 valence electrons. The fraction of sp³-hybridized carbons (Fsp3) is 0.667. The summed E-state index contributed by atoms with van der Waals surface area (Å²) in [5.41, 5.74) is 1.25. The first kappa shape index (κ1) is 15.3. The Hall–Kier alpha value is -0.140. The van der Waals surface area contributed by atoms with E-state index in [2.05, 4.69) is 10.0 Å². The molecule has 0 radical (unpaired) electrons. The molecule has 0 saturated heterocycles. The third-order valence-corrected chi connectivity index (χ3v) is 6.02. The Morgan fingerprint density at radius 2 is 2.32 bits per heavy atom. The van der Waals surface area contributed by atoms with Crippen molar-refractivity contribution in [1.29, 1.82) is 0 Å². The van der Waals surface area contributed by atoms with Crippen LogP contribution in [0.3, 0.4) is 0 Å². The van der Waals surface area contributed by atoms with Crippen LogP contribution in [0.25, 0.3) is 0 Å². The Morgan fingerprint density at radius 3 is 3.05 bits per heavy atom. The van der Waals surface area contributed by atoms with Crippen LogP contribution in [0.15, 0.2) is 6.07 Å². The van der Waals surface area contributed by atoms with Gasteiger partial charge in [0.15, 0.2) is 0 Å². The zero-order chi connectivity index (χ0) is 13.9. The molecule has 0 spiro atoms. The Balaban J connectivity index is 1.91. The maximum Gasteiger partial charge on any atom is 0.212 e. The van der Waals surface area contributed by atoms with Crippen molar-refractivity contribution in [2.75, 3.05) is 18.8 Å². The summed E-state index contributed by atoms with van der Waals surface area (Å²) in [5.74, 6) is 0.116. The third-order valence-electron chi connectivity index (χ3n) is 3.21. The molecule has 0 saturated carbocycles. The second-order valence-electron chi connectivity index (χ2n) is 4.64. The highest BCUT2D eigenvalue weighted by Gasteiger charge is 2.22. The molecule has 1 aromatic rings. The monoisotopic (exact) mass is 322 g/mol. The van der Waals surface area contributed by atoms with Crippen molar-refractivity contribution in [2.45, 2.75) is 32.2 Å². The smallest absolute Gasteiger partial charge is 0.212 e. The Bertz CT molecular complexity index is 528. The summed E-state index contributed by atoms with van der Waals surface area (Å²) < 4.78 is 26.4. The maximum absolute atomic E-state index is 11.6. The molecule has 2 rings (SSSR count). The van der Waals surface area contributed by atoms with Crippen molar-refractivity contribution in [2.24, 2.45) is 0 Å². The summed E-state index contributed by atoms with van der Waals surface area (Å²) in [6.45, 7) is 2.69.